The smallest absolute Gasteiger partial charge is 0.163 e. The largest absolute Gasteiger partial charge is 0.314 e. The lowest BCUT2D eigenvalue weighted by Crippen LogP contribution is -2.46. The average Bonchev–Trinajstić information content (AvgIpc) is 2.21. The Bertz CT molecular complexity index is 244. The fourth-order valence-corrected chi connectivity index (χ4v) is 1.30. The molecule has 0 saturated carbocycles. The molecule has 1 saturated heterocycles. The summed E-state index contributed by atoms with van der Waals surface area (Å²) in [6.45, 7) is 4.04. The van der Waals surface area contributed by atoms with Gasteiger partial charge in [-0.15, -0.1) is 5.10 Å². The van der Waals surface area contributed by atoms with Crippen LogP contribution in [-0.4, -0.2) is 41.4 Å². The number of anilines is 1. The Morgan fingerprint density at radius 1 is 1.38 bits per heavy atom. The molecule has 0 unspecified atom stereocenters. The molecule has 5 nitrogen and oxygen atoms in total. The van der Waals surface area contributed by atoms with Crippen LogP contribution in [0.15, 0.2) is 18.3 Å². The fraction of sp³-hybridized carbons (Fsp3) is 0.500. The van der Waals surface area contributed by atoms with Crippen molar-refractivity contribution in [3.05, 3.63) is 18.3 Å². The minimum Gasteiger partial charge on any atom is -0.314 e. The first-order valence-corrected chi connectivity index (χ1v) is 4.45. The molecule has 5 heteroatoms. The maximum atomic E-state index is 3.95. The van der Waals surface area contributed by atoms with Gasteiger partial charge in [0, 0.05) is 32.4 Å². The first-order chi connectivity index (χ1) is 6.45. The Morgan fingerprint density at radius 3 is 2.92 bits per heavy atom. The first kappa shape index (κ1) is 8.40. The van der Waals surface area contributed by atoms with Gasteiger partial charge in [0.15, 0.2) is 5.82 Å². The third-order valence-corrected chi connectivity index (χ3v) is 1.96. The zero-order valence-corrected chi connectivity index (χ0v) is 7.40. The van der Waals surface area contributed by atoms with E-state index in [-0.39, 0.29) is 0 Å². The van der Waals surface area contributed by atoms with Crippen LogP contribution in [-0.2, 0) is 0 Å². The Kier molecular flexibility index (Phi) is 2.68. The third kappa shape index (κ3) is 2.37. The second kappa shape index (κ2) is 4.15. The summed E-state index contributed by atoms with van der Waals surface area (Å²) in [5, 5.41) is 13.2. The summed E-state index contributed by atoms with van der Waals surface area (Å²) in [4.78, 5) is 0. The van der Waals surface area contributed by atoms with Crippen molar-refractivity contribution in [2.24, 2.45) is 0 Å². The van der Waals surface area contributed by atoms with Crippen LogP contribution in [0.2, 0.25) is 0 Å². The van der Waals surface area contributed by atoms with E-state index in [0.717, 1.165) is 32.0 Å². The Morgan fingerprint density at radius 2 is 2.23 bits per heavy atom. The predicted octanol–water partition coefficient (Wildman–Crippen LogP) is -0.291. The molecular formula is C8H13N5. The lowest BCUT2D eigenvalue weighted by Gasteiger charge is -2.27. The van der Waals surface area contributed by atoms with E-state index in [1.807, 2.05) is 12.1 Å². The van der Waals surface area contributed by atoms with Crippen molar-refractivity contribution in [2.75, 3.05) is 31.6 Å². The summed E-state index contributed by atoms with van der Waals surface area (Å²) in [7, 11) is 0. The van der Waals surface area contributed by atoms with Crippen molar-refractivity contribution in [1.82, 2.24) is 20.5 Å². The SMILES string of the molecule is c1cnnc(NN2CCNCC2)c1. The summed E-state index contributed by atoms with van der Waals surface area (Å²) < 4.78 is 0. The maximum absolute atomic E-state index is 3.95. The van der Waals surface area contributed by atoms with Crippen molar-refractivity contribution in [1.29, 1.82) is 0 Å². The molecular weight excluding hydrogens is 166 g/mol. The number of hydrazine groups is 1. The topological polar surface area (TPSA) is 53.1 Å². The highest BCUT2D eigenvalue weighted by atomic mass is 15.5. The Labute approximate surface area is 77.1 Å². The van der Waals surface area contributed by atoms with Gasteiger partial charge >= 0.3 is 0 Å². The molecule has 0 radical (unpaired) electrons. The van der Waals surface area contributed by atoms with E-state index in [0.29, 0.717) is 0 Å². The second-order valence-electron chi connectivity index (χ2n) is 2.96. The zero-order valence-electron chi connectivity index (χ0n) is 7.40. The summed E-state index contributed by atoms with van der Waals surface area (Å²) in [6.07, 6.45) is 1.67. The van der Waals surface area contributed by atoms with Crippen LogP contribution in [0.4, 0.5) is 5.82 Å². The fourth-order valence-electron chi connectivity index (χ4n) is 1.30. The lowest BCUT2D eigenvalue weighted by atomic mass is 10.4. The van der Waals surface area contributed by atoms with Crippen LogP contribution in [0.5, 0.6) is 0 Å². The van der Waals surface area contributed by atoms with Gasteiger partial charge < -0.3 is 10.7 Å². The molecule has 1 aromatic heterocycles. The van der Waals surface area contributed by atoms with Crippen molar-refractivity contribution < 1.29 is 0 Å². The molecule has 2 N–H and O–H groups in total. The van der Waals surface area contributed by atoms with E-state index in [2.05, 4.69) is 25.9 Å². The van der Waals surface area contributed by atoms with Crippen LogP contribution < -0.4 is 10.7 Å². The van der Waals surface area contributed by atoms with Gasteiger partial charge in [-0.2, -0.15) is 5.10 Å². The summed E-state index contributed by atoms with van der Waals surface area (Å²) >= 11 is 0. The quantitative estimate of drug-likeness (QED) is 0.653. The lowest BCUT2D eigenvalue weighted by molar-refractivity contribution is 0.285. The Hall–Kier alpha value is -1.20. The minimum absolute atomic E-state index is 0.810. The van der Waals surface area contributed by atoms with E-state index in [9.17, 15) is 0 Å². The molecule has 1 aliphatic heterocycles. The van der Waals surface area contributed by atoms with Crippen LogP contribution >= 0.6 is 0 Å². The van der Waals surface area contributed by atoms with Crippen LogP contribution in [0.25, 0.3) is 0 Å². The van der Waals surface area contributed by atoms with Gasteiger partial charge in [0.25, 0.3) is 0 Å². The van der Waals surface area contributed by atoms with Gasteiger partial charge in [0.05, 0.1) is 0 Å². The molecule has 0 amide bonds. The Balaban J connectivity index is 1.90. The van der Waals surface area contributed by atoms with E-state index in [1.54, 1.807) is 6.20 Å². The predicted molar refractivity (Wildman–Crippen MR) is 50.1 cm³/mol. The molecule has 0 aromatic carbocycles. The molecule has 0 bridgehead atoms. The van der Waals surface area contributed by atoms with Crippen molar-refractivity contribution in [2.45, 2.75) is 0 Å². The molecule has 1 fully saturated rings. The van der Waals surface area contributed by atoms with E-state index >= 15 is 0 Å². The minimum atomic E-state index is 0.810. The summed E-state index contributed by atoms with van der Waals surface area (Å²) in [5.41, 5.74) is 3.20. The number of piperazine rings is 1. The van der Waals surface area contributed by atoms with Crippen LogP contribution in [0, 0.1) is 0 Å². The van der Waals surface area contributed by atoms with Crippen LogP contribution in [0.3, 0.4) is 0 Å². The molecule has 2 rings (SSSR count). The number of nitrogens with zero attached hydrogens (tertiary/aromatic N) is 3. The normalized spacial score (nSPS) is 18.5. The van der Waals surface area contributed by atoms with E-state index in [1.165, 1.54) is 0 Å². The summed E-state index contributed by atoms with van der Waals surface area (Å²) in [6, 6.07) is 3.78. The third-order valence-electron chi connectivity index (χ3n) is 1.96. The summed E-state index contributed by atoms with van der Waals surface area (Å²) in [5.74, 6) is 0.810. The van der Waals surface area contributed by atoms with Gasteiger partial charge in [-0.1, -0.05) is 0 Å². The highest BCUT2D eigenvalue weighted by molar-refractivity contribution is 5.29. The molecule has 0 spiro atoms. The highest BCUT2D eigenvalue weighted by Crippen LogP contribution is 2.00. The highest BCUT2D eigenvalue weighted by Gasteiger charge is 2.08. The van der Waals surface area contributed by atoms with Gasteiger partial charge in [-0.25, -0.2) is 5.01 Å². The number of rotatable bonds is 2. The maximum Gasteiger partial charge on any atom is 0.163 e. The number of aromatic nitrogens is 2. The standard InChI is InChI=1S/C8H13N5/c1-2-8(11-10-3-1)12-13-6-4-9-5-7-13/h1-3,9H,4-7H2,(H,11,12). The van der Waals surface area contributed by atoms with Crippen molar-refractivity contribution in [3.63, 3.8) is 0 Å². The van der Waals surface area contributed by atoms with Crippen molar-refractivity contribution in [3.8, 4) is 0 Å². The van der Waals surface area contributed by atoms with E-state index < -0.39 is 0 Å². The number of hydrogen-bond donors (Lipinski definition) is 2. The molecule has 0 atom stereocenters. The molecule has 0 aliphatic carbocycles. The molecule has 1 aromatic rings. The molecule has 1 aliphatic rings. The van der Waals surface area contributed by atoms with Gasteiger partial charge in [-0.3, -0.25) is 0 Å². The number of hydrogen-bond acceptors (Lipinski definition) is 5. The molecule has 2 heterocycles. The first-order valence-electron chi connectivity index (χ1n) is 4.45. The van der Waals surface area contributed by atoms with E-state index in [4.69, 9.17) is 0 Å². The van der Waals surface area contributed by atoms with Gasteiger partial charge in [0.1, 0.15) is 0 Å². The number of nitrogens with one attached hydrogen (secondary N) is 2. The zero-order chi connectivity index (χ0) is 8.93. The average molecular weight is 179 g/mol. The molecule has 13 heavy (non-hydrogen) atoms. The van der Waals surface area contributed by atoms with Gasteiger partial charge in [-0.05, 0) is 12.1 Å². The van der Waals surface area contributed by atoms with Crippen molar-refractivity contribution >= 4 is 5.82 Å². The molecule has 70 valence electrons. The monoisotopic (exact) mass is 179 g/mol. The van der Waals surface area contributed by atoms with Gasteiger partial charge in [0.2, 0.25) is 0 Å². The second-order valence-corrected chi connectivity index (χ2v) is 2.96. The van der Waals surface area contributed by atoms with Crippen LogP contribution in [0.1, 0.15) is 0 Å².